The lowest BCUT2D eigenvalue weighted by molar-refractivity contribution is -0.143. The second-order valence-electron chi connectivity index (χ2n) is 9.92. The van der Waals surface area contributed by atoms with Crippen LogP contribution >= 0.6 is 23.2 Å². The van der Waals surface area contributed by atoms with Gasteiger partial charge < -0.3 is 19.9 Å². The number of nitrogens with one attached hydrogen (secondary N) is 1. The molecule has 4 rings (SSSR count). The van der Waals surface area contributed by atoms with E-state index in [1.165, 1.54) is 24.0 Å². The van der Waals surface area contributed by atoms with Crippen LogP contribution in [0.2, 0.25) is 10.0 Å². The summed E-state index contributed by atoms with van der Waals surface area (Å²) in [6.07, 6.45) is -0.392. The molecule has 9 nitrogen and oxygen atoms in total. The van der Waals surface area contributed by atoms with E-state index in [4.69, 9.17) is 23.2 Å². The van der Waals surface area contributed by atoms with Crippen molar-refractivity contribution in [2.45, 2.75) is 49.3 Å². The number of amides is 2. The summed E-state index contributed by atoms with van der Waals surface area (Å²) in [5, 5.41) is 14.3. The topological polar surface area (TPSA) is 126 Å². The molecule has 0 unspecified atom stereocenters. The third-order valence-corrected chi connectivity index (χ3v) is 11.1. The normalized spacial score (nSPS) is 16.2. The summed E-state index contributed by atoms with van der Waals surface area (Å²) in [5.74, 6) is -2.01. The number of carboxylic acid groups (broad SMARTS) is 1. The Balaban J connectivity index is 1.55. The van der Waals surface area contributed by atoms with E-state index in [0.29, 0.717) is 26.7 Å². The van der Waals surface area contributed by atoms with E-state index < -0.39 is 26.6 Å². The molecule has 3 aromatic rings. The van der Waals surface area contributed by atoms with Gasteiger partial charge in [-0.15, -0.1) is 0 Å². The van der Waals surface area contributed by atoms with Crippen LogP contribution in [0.1, 0.15) is 54.3 Å². The van der Waals surface area contributed by atoms with Gasteiger partial charge in [0.25, 0.3) is 5.91 Å². The Kier molecular flexibility index (Phi) is 7.77. The average Bonchev–Trinajstić information content (AvgIpc) is 3.23. The number of nitrogens with zero attached hydrogens (tertiary/aromatic N) is 2. The molecule has 1 saturated heterocycles. The maximum atomic E-state index is 13.5. The Morgan fingerprint density at radius 3 is 2.18 bits per heavy atom. The van der Waals surface area contributed by atoms with Crippen LogP contribution in [0.15, 0.2) is 41.3 Å². The number of benzene rings is 2. The monoisotopic (exact) mass is 593 g/mol. The third kappa shape index (κ3) is 4.90. The van der Waals surface area contributed by atoms with Crippen LogP contribution < -0.4 is 5.32 Å². The van der Waals surface area contributed by atoms with E-state index in [2.05, 4.69) is 5.32 Å². The Morgan fingerprint density at radius 2 is 1.64 bits per heavy atom. The van der Waals surface area contributed by atoms with Gasteiger partial charge in [0.05, 0.1) is 26.5 Å². The summed E-state index contributed by atoms with van der Waals surface area (Å²) < 4.78 is 26.7. The quantitative estimate of drug-likeness (QED) is 0.432. The molecule has 1 atom stereocenters. The molecule has 2 aromatic carbocycles. The van der Waals surface area contributed by atoms with Crippen molar-refractivity contribution < 1.29 is 27.9 Å². The van der Waals surface area contributed by atoms with Crippen molar-refractivity contribution in [3.8, 4) is 0 Å². The van der Waals surface area contributed by atoms with Gasteiger partial charge in [-0.2, -0.15) is 0 Å². The summed E-state index contributed by atoms with van der Waals surface area (Å²) in [6.45, 7) is 5.06. The molecule has 208 valence electrons. The number of carboxylic acids is 1. The van der Waals surface area contributed by atoms with Gasteiger partial charge in [0.1, 0.15) is 5.69 Å². The summed E-state index contributed by atoms with van der Waals surface area (Å²) >= 11 is 12.7. The molecule has 0 radical (unpaired) electrons. The van der Waals surface area contributed by atoms with E-state index in [9.17, 15) is 27.9 Å². The highest BCUT2D eigenvalue weighted by molar-refractivity contribution is 7.93. The summed E-state index contributed by atoms with van der Waals surface area (Å²) in [5.41, 5.74) is 2.56. The van der Waals surface area contributed by atoms with Gasteiger partial charge in [0.15, 0.2) is 14.6 Å². The predicted molar refractivity (Wildman–Crippen MR) is 149 cm³/mol. The van der Waals surface area contributed by atoms with Crippen LogP contribution in [0.4, 0.5) is 0 Å². The van der Waals surface area contributed by atoms with E-state index in [1.807, 2.05) is 13.0 Å². The second-order valence-corrected chi connectivity index (χ2v) is 12.9. The number of rotatable bonds is 6. The van der Waals surface area contributed by atoms with Crippen LogP contribution in [-0.2, 0) is 26.5 Å². The van der Waals surface area contributed by atoms with E-state index >= 15 is 0 Å². The zero-order valence-electron chi connectivity index (χ0n) is 21.9. The van der Waals surface area contributed by atoms with Gasteiger partial charge in [-0.1, -0.05) is 35.3 Å². The summed E-state index contributed by atoms with van der Waals surface area (Å²) in [4.78, 5) is 38.3. The smallest absolute Gasteiger partial charge is 0.325 e. The standard InChI is InChI=1S/C27H29Cl2N3O6S/c1-15-13-21-20(24(29)23(15)28)14-22(31(21)4)25(34)30-16(2)18-5-7-19(8-6-18)39(37,38)27(26(35)36)9-11-32(12-10-27)17(3)33/h5-8,13-14,16H,9-12H2,1-4H3,(H,30,34)(H,35,36)/t16-/m1/s1. The highest BCUT2D eigenvalue weighted by Gasteiger charge is 2.53. The molecule has 1 aliphatic heterocycles. The number of aryl methyl sites for hydroxylation is 2. The fourth-order valence-electron chi connectivity index (χ4n) is 5.04. The van der Waals surface area contributed by atoms with Crippen LogP contribution in [-0.4, -0.2) is 58.6 Å². The number of hydrogen-bond acceptors (Lipinski definition) is 5. The van der Waals surface area contributed by atoms with Crippen molar-refractivity contribution in [3.63, 3.8) is 0 Å². The number of hydrogen-bond donors (Lipinski definition) is 2. The molecular formula is C27H29Cl2N3O6S. The largest absolute Gasteiger partial charge is 0.480 e. The predicted octanol–water partition coefficient (Wildman–Crippen LogP) is 4.52. The number of halogens is 2. The minimum absolute atomic E-state index is 0.0488. The first-order valence-corrected chi connectivity index (χ1v) is 14.5. The number of fused-ring (bicyclic) bond motifs is 1. The molecule has 2 amide bonds. The first-order chi connectivity index (χ1) is 18.2. The van der Waals surface area contributed by atoms with E-state index in [1.54, 1.807) is 36.7 Å². The van der Waals surface area contributed by atoms with Gasteiger partial charge in [0.2, 0.25) is 5.91 Å². The number of piperidine rings is 1. The lowest BCUT2D eigenvalue weighted by atomic mass is 9.96. The molecule has 1 fully saturated rings. The van der Waals surface area contributed by atoms with Gasteiger partial charge >= 0.3 is 5.97 Å². The maximum absolute atomic E-state index is 13.5. The maximum Gasteiger partial charge on any atom is 0.325 e. The first kappa shape index (κ1) is 28.9. The van der Waals surface area contributed by atoms with E-state index in [-0.39, 0.29) is 42.6 Å². The van der Waals surface area contributed by atoms with Crippen LogP contribution in [0.5, 0.6) is 0 Å². The highest BCUT2D eigenvalue weighted by Crippen LogP contribution is 2.37. The highest BCUT2D eigenvalue weighted by atomic mass is 35.5. The summed E-state index contributed by atoms with van der Waals surface area (Å²) in [6, 6.07) is 8.87. The number of sulfone groups is 1. The van der Waals surface area contributed by atoms with Crippen molar-refractivity contribution in [3.05, 3.63) is 63.3 Å². The van der Waals surface area contributed by atoms with Crippen molar-refractivity contribution in [2.24, 2.45) is 7.05 Å². The summed E-state index contributed by atoms with van der Waals surface area (Å²) in [7, 11) is -2.51. The molecule has 0 aliphatic carbocycles. The van der Waals surface area contributed by atoms with Gasteiger partial charge in [-0.3, -0.25) is 14.4 Å². The fraction of sp³-hybridized carbons (Fsp3) is 0.370. The zero-order chi connectivity index (χ0) is 28.9. The third-order valence-electron chi connectivity index (χ3n) is 7.60. The average molecular weight is 595 g/mol. The van der Waals surface area contributed by atoms with Crippen molar-refractivity contribution in [1.29, 1.82) is 0 Å². The Morgan fingerprint density at radius 1 is 1.05 bits per heavy atom. The first-order valence-electron chi connectivity index (χ1n) is 12.3. The minimum atomic E-state index is -4.26. The van der Waals surface area contributed by atoms with Crippen molar-refractivity contribution in [1.82, 2.24) is 14.8 Å². The Labute approximate surface area is 236 Å². The molecule has 1 aromatic heterocycles. The van der Waals surface area contributed by atoms with Gasteiger partial charge in [-0.25, -0.2) is 8.42 Å². The molecule has 39 heavy (non-hydrogen) atoms. The van der Waals surface area contributed by atoms with Crippen LogP contribution in [0.3, 0.4) is 0 Å². The Hall–Kier alpha value is -3.08. The fourth-order valence-corrected chi connectivity index (χ4v) is 7.39. The molecule has 0 spiro atoms. The number of carbonyl (C=O) groups is 3. The van der Waals surface area contributed by atoms with E-state index in [0.717, 1.165) is 11.1 Å². The molecular weight excluding hydrogens is 565 g/mol. The lowest BCUT2D eigenvalue weighted by Gasteiger charge is -2.37. The SMILES string of the molecule is CC(=O)N1CCC(C(=O)O)(S(=O)(=O)c2ccc([C@@H](C)NC(=O)c3cc4c(Cl)c(Cl)c(C)cc4n3C)cc2)CC1. The number of aromatic nitrogens is 1. The molecule has 1 aliphatic rings. The molecule has 2 heterocycles. The molecule has 12 heteroatoms. The second kappa shape index (κ2) is 10.5. The van der Waals surface area contributed by atoms with Crippen LogP contribution in [0, 0.1) is 6.92 Å². The van der Waals surface area contributed by atoms with Crippen molar-refractivity contribution >= 4 is 61.7 Å². The minimum Gasteiger partial charge on any atom is -0.480 e. The molecule has 0 bridgehead atoms. The van der Waals surface area contributed by atoms with Crippen LogP contribution in [0.25, 0.3) is 10.9 Å². The number of likely N-dealkylation sites (tertiary alicyclic amines) is 1. The van der Waals surface area contributed by atoms with Gasteiger partial charge in [-0.05, 0) is 62.1 Å². The molecule has 2 N–H and O–H groups in total. The number of aliphatic carboxylic acids is 1. The zero-order valence-corrected chi connectivity index (χ0v) is 24.2. The number of carbonyl (C=O) groups excluding carboxylic acids is 2. The van der Waals surface area contributed by atoms with Gasteiger partial charge in [0, 0.05) is 32.4 Å². The molecule has 0 saturated carbocycles. The van der Waals surface area contributed by atoms with Crippen molar-refractivity contribution in [2.75, 3.05) is 13.1 Å². The lowest BCUT2D eigenvalue weighted by Crippen LogP contribution is -2.55. The Bertz CT molecular complexity index is 1590.